The molecule has 0 aliphatic carbocycles. The summed E-state index contributed by atoms with van der Waals surface area (Å²) in [4.78, 5) is 14.0. The summed E-state index contributed by atoms with van der Waals surface area (Å²) in [7, 11) is -0.897. The lowest BCUT2D eigenvalue weighted by Gasteiger charge is -2.20. The van der Waals surface area contributed by atoms with Crippen LogP contribution in [0.2, 0.25) is 5.02 Å². The van der Waals surface area contributed by atoms with Gasteiger partial charge in [0.05, 0.1) is 17.1 Å². The summed E-state index contributed by atoms with van der Waals surface area (Å²) < 4.78 is 26.2. The lowest BCUT2D eigenvalue weighted by Crippen LogP contribution is -2.39. The predicted molar refractivity (Wildman–Crippen MR) is 109 cm³/mol. The smallest absolute Gasteiger partial charge is 0.243 e. The molecule has 0 bridgehead atoms. The zero-order valence-corrected chi connectivity index (χ0v) is 16.9. The zero-order chi connectivity index (χ0) is 20.3. The van der Waals surface area contributed by atoms with Crippen molar-refractivity contribution in [3.63, 3.8) is 0 Å². The highest BCUT2D eigenvalue weighted by atomic mass is 35.5. The summed E-state index contributed by atoms with van der Waals surface area (Å²) >= 11 is 5.80. The van der Waals surface area contributed by atoms with Gasteiger partial charge in [0.1, 0.15) is 0 Å². The quantitative estimate of drug-likeness (QED) is 0.666. The molecule has 3 rings (SSSR count). The molecule has 1 aromatic heterocycles. The minimum absolute atomic E-state index is 0.0704. The molecule has 0 saturated heterocycles. The molecule has 1 amide bonds. The van der Waals surface area contributed by atoms with Gasteiger partial charge in [-0.2, -0.15) is 9.40 Å². The van der Waals surface area contributed by atoms with Crippen LogP contribution in [0, 0.1) is 0 Å². The number of likely N-dealkylation sites (N-methyl/N-ethyl adjacent to an activating group) is 2. The van der Waals surface area contributed by atoms with Crippen LogP contribution in [0.5, 0.6) is 0 Å². The molecular weight excluding hydrogens is 400 g/mol. The molecule has 146 valence electrons. The van der Waals surface area contributed by atoms with Crippen LogP contribution in [0.25, 0.3) is 11.3 Å². The molecule has 1 N–H and O–H groups in total. The van der Waals surface area contributed by atoms with Gasteiger partial charge >= 0.3 is 0 Å². The molecule has 3 aromatic rings. The van der Waals surface area contributed by atoms with Crippen LogP contribution < -0.4 is 4.90 Å². The number of hydrogen-bond donors (Lipinski definition) is 1. The maximum Gasteiger partial charge on any atom is 0.243 e. The van der Waals surface area contributed by atoms with E-state index >= 15 is 0 Å². The molecule has 0 unspecified atom stereocenters. The van der Waals surface area contributed by atoms with E-state index in [9.17, 15) is 13.2 Å². The van der Waals surface area contributed by atoms with Crippen LogP contribution in [0.4, 0.5) is 5.82 Å². The Labute approximate surface area is 168 Å². The van der Waals surface area contributed by atoms with E-state index in [2.05, 4.69) is 10.2 Å². The topological polar surface area (TPSA) is 86.4 Å². The number of carbonyl (C=O) groups is 1. The van der Waals surface area contributed by atoms with Gasteiger partial charge in [-0.25, -0.2) is 8.42 Å². The van der Waals surface area contributed by atoms with Crippen LogP contribution >= 0.6 is 11.6 Å². The van der Waals surface area contributed by atoms with Crippen molar-refractivity contribution < 1.29 is 13.2 Å². The Morgan fingerprint density at radius 3 is 2.36 bits per heavy atom. The molecule has 2 aromatic carbocycles. The highest BCUT2D eigenvalue weighted by molar-refractivity contribution is 7.89. The monoisotopic (exact) mass is 418 g/mol. The average molecular weight is 419 g/mol. The van der Waals surface area contributed by atoms with Crippen LogP contribution in [-0.2, 0) is 14.8 Å². The number of anilines is 1. The largest absolute Gasteiger partial charge is 0.297 e. The molecule has 7 nitrogen and oxygen atoms in total. The summed E-state index contributed by atoms with van der Waals surface area (Å²) in [5, 5.41) is 7.47. The normalized spacial score (nSPS) is 11.6. The van der Waals surface area contributed by atoms with E-state index in [1.165, 1.54) is 36.2 Å². The van der Waals surface area contributed by atoms with Crippen LogP contribution in [0.1, 0.15) is 0 Å². The Morgan fingerprint density at radius 2 is 1.71 bits per heavy atom. The number of carbonyl (C=O) groups excluding carboxylic acids is 1. The van der Waals surface area contributed by atoms with Gasteiger partial charge in [0, 0.05) is 25.2 Å². The lowest BCUT2D eigenvalue weighted by molar-refractivity contribution is -0.118. The van der Waals surface area contributed by atoms with E-state index in [0.29, 0.717) is 10.8 Å². The number of rotatable bonds is 6. The molecule has 28 heavy (non-hydrogen) atoms. The van der Waals surface area contributed by atoms with Gasteiger partial charge in [-0.1, -0.05) is 41.9 Å². The molecule has 0 atom stereocenters. The van der Waals surface area contributed by atoms with E-state index in [1.54, 1.807) is 13.1 Å². The summed E-state index contributed by atoms with van der Waals surface area (Å²) in [6.07, 6.45) is 0. The number of halogens is 1. The van der Waals surface area contributed by atoms with Crippen molar-refractivity contribution in [1.82, 2.24) is 14.5 Å². The van der Waals surface area contributed by atoms with Crippen LogP contribution in [0.3, 0.4) is 0 Å². The Kier molecular flexibility index (Phi) is 5.83. The summed E-state index contributed by atoms with van der Waals surface area (Å²) in [5.74, 6) is -0.00714. The van der Waals surface area contributed by atoms with Gasteiger partial charge in [-0.3, -0.25) is 14.8 Å². The van der Waals surface area contributed by atoms with Crippen LogP contribution in [0.15, 0.2) is 65.6 Å². The van der Waals surface area contributed by atoms with Gasteiger partial charge < -0.3 is 0 Å². The first-order valence-electron chi connectivity index (χ1n) is 8.38. The van der Waals surface area contributed by atoms with Crippen molar-refractivity contribution in [2.75, 3.05) is 25.5 Å². The highest BCUT2D eigenvalue weighted by Gasteiger charge is 2.25. The molecule has 0 aliphatic heterocycles. The van der Waals surface area contributed by atoms with E-state index in [1.807, 2.05) is 30.3 Å². The third kappa shape index (κ3) is 4.24. The van der Waals surface area contributed by atoms with E-state index in [-0.39, 0.29) is 11.4 Å². The zero-order valence-electron chi connectivity index (χ0n) is 15.3. The van der Waals surface area contributed by atoms with Crippen molar-refractivity contribution in [3.8, 4) is 11.3 Å². The summed E-state index contributed by atoms with van der Waals surface area (Å²) in [6, 6.07) is 17.1. The third-order valence-corrected chi connectivity index (χ3v) is 6.32. The van der Waals surface area contributed by atoms with Crippen molar-refractivity contribution in [1.29, 1.82) is 0 Å². The molecule has 0 saturated carbocycles. The van der Waals surface area contributed by atoms with E-state index < -0.39 is 15.9 Å². The average Bonchev–Trinajstić information content (AvgIpc) is 3.18. The SMILES string of the molecule is CN(C(=O)CN(C)S(=O)(=O)c1ccc(Cl)cc1)c1cc(-c2ccccc2)[nH]n1. The minimum atomic E-state index is -3.81. The van der Waals surface area contributed by atoms with Gasteiger partial charge in [0.25, 0.3) is 0 Å². The van der Waals surface area contributed by atoms with Crippen molar-refractivity contribution in [2.45, 2.75) is 4.90 Å². The molecule has 0 fully saturated rings. The Hall–Kier alpha value is -2.68. The number of nitrogens with zero attached hydrogens (tertiary/aromatic N) is 3. The number of hydrogen-bond acceptors (Lipinski definition) is 4. The first-order chi connectivity index (χ1) is 13.3. The molecule has 0 spiro atoms. The second-order valence-electron chi connectivity index (χ2n) is 6.17. The first-order valence-corrected chi connectivity index (χ1v) is 10.2. The summed E-state index contributed by atoms with van der Waals surface area (Å²) in [5.41, 5.74) is 1.70. The van der Waals surface area contributed by atoms with Gasteiger partial charge in [-0.05, 0) is 29.8 Å². The maximum atomic E-state index is 12.6. The third-order valence-electron chi connectivity index (χ3n) is 4.25. The number of amides is 1. The van der Waals surface area contributed by atoms with Crippen molar-refractivity contribution >= 4 is 33.3 Å². The maximum absolute atomic E-state index is 12.6. The highest BCUT2D eigenvalue weighted by Crippen LogP contribution is 2.22. The molecule has 1 heterocycles. The first kappa shape index (κ1) is 20.1. The second-order valence-corrected chi connectivity index (χ2v) is 8.65. The van der Waals surface area contributed by atoms with Gasteiger partial charge in [-0.15, -0.1) is 0 Å². The van der Waals surface area contributed by atoms with Crippen molar-refractivity contribution in [2.24, 2.45) is 0 Å². The predicted octanol–water partition coefficient (Wildman–Crippen LogP) is 3.01. The standard InChI is InChI=1S/C19H19ClN4O3S/c1-23(28(26,27)16-10-8-15(20)9-11-16)13-19(25)24(2)18-12-17(21-22-18)14-6-4-3-5-7-14/h3-12H,13H2,1-2H3,(H,21,22). The Morgan fingerprint density at radius 1 is 1.07 bits per heavy atom. The Bertz CT molecular complexity index is 1070. The Balaban J connectivity index is 1.72. The molecule has 9 heteroatoms. The van der Waals surface area contributed by atoms with E-state index in [4.69, 9.17) is 11.6 Å². The molecular formula is C19H19ClN4O3S. The fourth-order valence-electron chi connectivity index (χ4n) is 2.54. The van der Waals surface area contributed by atoms with E-state index in [0.717, 1.165) is 15.6 Å². The molecule has 0 radical (unpaired) electrons. The van der Waals surface area contributed by atoms with Gasteiger partial charge in [0.2, 0.25) is 15.9 Å². The van der Waals surface area contributed by atoms with Gasteiger partial charge in [0.15, 0.2) is 5.82 Å². The number of sulfonamides is 1. The fraction of sp³-hybridized carbons (Fsp3) is 0.158. The number of benzene rings is 2. The molecule has 0 aliphatic rings. The number of H-pyrrole nitrogens is 1. The summed E-state index contributed by atoms with van der Waals surface area (Å²) in [6.45, 7) is -0.324. The number of aromatic amines is 1. The lowest BCUT2D eigenvalue weighted by atomic mass is 10.1. The van der Waals surface area contributed by atoms with Crippen LogP contribution in [-0.4, -0.2) is 49.5 Å². The van der Waals surface area contributed by atoms with Crippen molar-refractivity contribution in [3.05, 3.63) is 65.7 Å². The fourth-order valence-corrected chi connectivity index (χ4v) is 3.79. The number of aromatic nitrogens is 2. The minimum Gasteiger partial charge on any atom is -0.297 e. The number of nitrogens with one attached hydrogen (secondary N) is 1. The second kappa shape index (κ2) is 8.14.